The molecule has 30 heavy (non-hydrogen) atoms. The maximum Gasteiger partial charge on any atom is 0.267 e. The molecule has 9 heteroatoms. The maximum absolute atomic E-state index is 13.9. The molecule has 0 aliphatic carbocycles. The third-order valence-corrected chi connectivity index (χ3v) is 7.89. The van der Waals surface area contributed by atoms with E-state index in [4.69, 9.17) is 4.74 Å². The Labute approximate surface area is 178 Å². The smallest absolute Gasteiger partial charge is 0.267 e. The SMILES string of the molecule is COc1ccc(NC(=O)c2sccc2S(=O)(=O)N2CCc3ccccc3C2)cc1F. The first-order valence-corrected chi connectivity index (χ1v) is 11.5. The zero-order valence-corrected chi connectivity index (χ0v) is 17.7. The second kappa shape index (κ2) is 8.17. The Hall–Kier alpha value is -2.75. The fraction of sp³-hybridized carbons (Fsp3) is 0.190. The molecule has 2 heterocycles. The molecule has 4 rings (SSSR count). The average Bonchev–Trinajstić information content (AvgIpc) is 3.24. The van der Waals surface area contributed by atoms with Crippen molar-refractivity contribution in [1.82, 2.24) is 4.31 Å². The Kier molecular flexibility index (Phi) is 5.59. The zero-order valence-electron chi connectivity index (χ0n) is 16.1. The van der Waals surface area contributed by atoms with Gasteiger partial charge in [0.15, 0.2) is 11.6 Å². The number of carbonyl (C=O) groups excluding carboxylic acids is 1. The lowest BCUT2D eigenvalue weighted by molar-refractivity contribution is 0.102. The predicted octanol–water partition coefficient (Wildman–Crippen LogP) is 3.90. The summed E-state index contributed by atoms with van der Waals surface area (Å²) in [5.74, 6) is -1.18. The van der Waals surface area contributed by atoms with Crippen LogP contribution in [0.2, 0.25) is 0 Å². The number of ether oxygens (including phenoxy) is 1. The van der Waals surface area contributed by atoms with E-state index in [0.717, 1.165) is 28.5 Å². The molecule has 0 bridgehead atoms. The molecular formula is C21H19FN2O4S2. The van der Waals surface area contributed by atoms with Crippen LogP contribution in [0.25, 0.3) is 0 Å². The van der Waals surface area contributed by atoms with E-state index in [-0.39, 0.29) is 27.8 Å². The van der Waals surface area contributed by atoms with E-state index < -0.39 is 21.7 Å². The lowest BCUT2D eigenvalue weighted by atomic mass is 10.0. The van der Waals surface area contributed by atoms with Crippen molar-refractivity contribution >= 4 is 33.0 Å². The average molecular weight is 447 g/mol. The van der Waals surface area contributed by atoms with Gasteiger partial charge in [0.05, 0.1) is 7.11 Å². The summed E-state index contributed by atoms with van der Waals surface area (Å²) in [7, 11) is -2.51. The molecule has 3 aromatic rings. The maximum atomic E-state index is 13.9. The van der Waals surface area contributed by atoms with Gasteiger partial charge in [0.25, 0.3) is 5.91 Å². The fourth-order valence-corrected chi connectivity index (χ4v) is 6.13. The number of carbonyl (C=O) groups is 1. The first-order valence-electron chi connectivity index (χ1n) is 9.19. The number of nitrogens with one attached hydrogen (secondary N) is 1. The highest BCUT2D eigenvalue weighted by atomic mass is 32.2. The largest absolute Gasteiger partial charge is 0.494 e. The quantitative estimate of drug-likeness (QED) is 0.645. The summed E-state index contributed by atoms with van der Waals surface area (Å²) >= 11 is 1.03. The molecule has 0 radical (unpaired) electrons. The number of hydrogen-bond donors (Lipinski definition) is 1. The van der Waals surface area contributed by atoms with Crippen LogP contribution in [0.4, 0.5) is 10.1 Å². The third kappa shape index (κ3) is 3.83. The van der Waals surface area contributed by atoms with E-state index in [9.17, 15) is 17.6 Å². The van der Waals surface area contributed by atoms with Crippen molar-refractivity contribution in [2.45, 2.75) is 17.9 Å². The van der Waals surface area contributed by atoms with Crippen LogP contribution in [0.1, 0.15) is 20.8 Å². The molecule has 156 valence electrons. The summed E-state index contributed by atoms with van der Waals surface area (Å²) in [6, 6.07) is 13.2. The summed E-state index contributed by atoms with van der Waals surface area (Å²) in [6.45, 7) is 0.610. The molecule has 1 aromatic heterocycles. The number of methoxy groups -OCH3 is 1. The molecule has 0 atom stereocenters. The Morgan fingerprint density at radius 1 is 1.17 bits per heavy atom. The molecule has 6 nitrogen and oxygen atoms in total. The number of benzene rings is 2. The molecule has 0 spiro atoms. The molecule has 1 aliphatic rings. The molecule has 0 saturated carbocycles. The highest BCUT2D eigenvalue weighted by Gasteiger charge is 2.32. The molecule has 1 aliphatic heterocycles. The highest BCUT2D eigenvalue weighted by Crippen LogP contribution is 2.30. The molecule has 1 N–H and O–H groups in total. The molecular weight excluding hydrogens is 427 g/mol. The molecule has 0 saturated heterocycles. The summed E-state index contributed by atoms with van der Waals surface area (Å²) in [6.07, 6.45) is 0.617. The standard InChI is InChI=1S/C21H19FN2O4S2/c1-28-18-7-6-16(12-17(18)22)23-21(25)20-19(9-11-29-20)30(26,27)24-10-8-14-4-2-3-5-15(14)13-24/h2-7,9,11-12H,8,10,13H2,1H3,(H,23,25). The van der Waals surface area contributed by atoms with Gasteiger partial charge >= 0.3 is 0 Å². The summed E-state index contributed by atoms with van der Waals surface area (Å²) in [5.41, 5.74) is 2.30. The van der Waals surface area contributed by atoms with E-state index in [0.29, 0.717) is 13.0 Å². The van der Waals surface area contributed by atoms with Gasteiger partial charge < -0.3 is 10.1 Å². The first kappa shape index (κ1) is 20.5. The van der Waals surface area contributed by atoms with Crippen molar-refractivity contribution in [2.24, 2.45) is 0 Å². The van der Waals surface area contributed by atoms with Crippen LogP contribution in [0, 0.1) is 5.82 Å². The number of hydrogen-bond acceptors (Lipinski definition) is 5. The van der Waals surface area contributed by atoms with E-state index >= 15 is 0 Å². The number of halogens is 1. The van der Waals surface area contributed by atoms with Crippen molar-refractivity contribution in [3.63, 3.8) is 0 Å². The first-order chi connectivity index (χ1) is 14.4. The second-order valence-corrected chi connectivity index (χ2v) is 9.60. The van der Waals surface area contributed by atoms with Crippen molar-refractivity contribution in [1.29, 1.82) is 0 Å². The van der Waals surface area contributed by atoms with Crippen molar-refractivity contribution < 1.29 is 22.3 Å². The highest BCUT2D eigenvalue weighted by molar-refractivity contribution is 7.89. The van der Waals surface area contributed by atoms with Crippen molar-refractivity contribution in [3.8, 4) is 5.75 Å². The molecule has 0 unspecified atom stereocenters. The molecule has 0 fully saturated rings. The number of rotatable bonds is 5. The number of amides is 1. The monoisotopic (exact) mass is 446 g/mol. The predicted molar refractivity (Wildman–Crippen MR) is 113 cm³/mol. The lowest BCUT2D eigenvalue weighted by Gasteiger charge is -2.28. The Balaban J connectivity index is 1.58. The van der Waals surface area contributed by atoms with E-state index in [1.807, 2.05) is 24.3 Å². The van der Waals surface area contributed by atoms with Gasteiger partial charge in [0, 0.05) is 24.8 Å². The number of thiophene rings is 1. The van der Waals surface area contributed by atoms with E-state index in [1.54, 1.807) is 5.38 Å². The number of fused-ring (bicyclic) bond motifs is 1. The third-order valence-electron chi connectivity index (χ3n) is 4.96. The van der Waals surface area contributed by atoms with Crippen molar-refractivity contribution in [2.75, 3.05) is 19.0 Å². The van der Waals surface area contributed by atoms with E-state index in [1.165, 1.54) is 29.6 Å². The van der Waals surface area contributed by atoms with Crippen LogP contribution in [0.3, 0.4) is 0 Å². The van der Waals surface area contributed by atoms with Crippen LogP contribution < -0.4 is 10.1 Å². The van der Waals surface area contributed by atoms with Crippen LogP contribution in [-0.2, 0) is 23.0 Å². The van der Waals surface area contributed by atoms with Gasteiger partial charge in [-0.25, -0.2) is 12.8 Å². The summed E-state index contributed by atoms with van der Waals surface area (Å²) in [5, 5.41) is 4.12. The van der Waals surface area contributed by atoms with Gasteiger partial charge in [-0.15, -0.1) is 11.3 Å². The summed E-state index contributed by atoms with van der Waals surface area (Å²) in [4.78, 5) is 12.8. The van der Waals surface area contributed by atoms with E-state index in [2.05, 4.69) is 5.32 Å². The van der Waals surface area contributed by atoms with Gasteiger partial charge in [0.2, 0.25) is 10.0 Å². The normalized spacial score (nSPS) is 14.2. The minimum absolute atomic E-state index is 0.0432. The van der Waals surface area contributed by atoms with Gasteiger partial charge in [0.1, 0.15) is 9.77 Å². The minimum Gasteiger partial charge on any atom is -0.494 e. The van der Waals surface area contributed by atoms with Gasteiger partial charge in [-0.3, -0.25) is 4.79 Å². The van der Waals surface area contributed by atoms with Gasteiger partial charge in [-0.1, -0.05) is 24.3 Å². The van der Waals surface area contributed by atoms with Gasteiger partial charge in [-0.2, -0.15) is 4.31 Å². The van der Waals surface area contributed by atoms with Crippen LogP contribution in [-0.4, -0.2) is 32.3 Å². The Morgan fingerprint density at radius 3 is 2.67 bits per heavy atom. The molecule has 1 amide bonds. The number of sulfonamides is 1. The van der Waals surface area contributed by atoms with Crippen LogP contribution in [0.15, 0.2) is 58.8 Å². The number of nitrogens with zero attached hydrogens (tertiary/aromatic N) is 1. The van der Waals surface area contributed by atoms with Crippen LogP contribution in [0.5, 0.6) is 5.75 Å². The minimum atomic E-state index is -3.86. The summed E-state index contributed by atoms with van der Waals surface area (Å²) < 4.78 is 46.7. The zero-order chi connectivity index (χ0) is 21.3. The second-order valence-electron chi connectivity index (χ2n) is 6.77. The van der Waals surface area contributed by atoms with Crippen molar-refractivity contribution in [3.05, 3.63) is 75.7 Å². The fourth-order valence-electron chi connectivity index (χ4n) is 3.41. The lowest BCUT2D eigenvalue weighted by Crippen LogP contribution is -2.36. The Morgan fingerprint density at radius 2 is 1.93 bits per heavy atom. The molecule has 2 aromatic carbocycles. The van der Waals surface area contributed by atoms with Gasteiger partial charge in [-0.05, 0) is 41.1 Å². The van der Waals surface area contributed by atoms with Crippen LogP contribution >= 0.6 is 11.3 Å². The Bertz CT molecular complexity index is 1210. The topological polar surface area (TPSA) is 75.7 Å². The number of anilines is 1.